The number of carboxylic acid groups (broad SMARTS) is 1. The Kier molecular flexibility index (Phi) is 9.61. The van der Waals surface area contributed by atoms with E-state index in [9.17, 15) is 30.0 Å². The summed E-state index contributed by atoms with van der Waals surface area (Å²) in [5.74, 6) is -0.440. The summed E-state index contributed by atoms with van der Waals surface area (Å²) in [6.07, 6.45) is 1.64. The van der Waals surface area contributed by atoms with E-state index >= 15 is 0 Å². The van der Waals surface area contributed by atoms with Gasteiger partial charge in [0.2, 0.25) is 11.2 Å². The number of unbranched alkanes of at least 4 members (excludes halogenated alkanes) is 2. The molecular formula is C31H34N2O8. The summed E-state index contributed by atoms with van der Waals surface area (Å²) in [5.41, 5.74) is -1.28. The lowest BCUT2D eigenvalue weighted by atomic mass is 9.86. The molecule has 4 rings (SSSR count). The molecule has 2 atom stereocenters. The number of H-pyrrole nitrogens is 1. The van der Waals surface area contributed by atoms with Crippen LogP contribution in [0, 0.1) is 0 Å². The van der Waals surface area contributed by atoms with Gasteiger partial charge in [-0.3, -0.25) is 4.79 Å². The van der Waals surface area contributed by atoms with Crippen molar-refractivity contribution in [2.24, 2.45) is 0 Å². The minimum Gasteiger partial charge on any atom is -0.506 e. The fraction of sp³-hybridized carbons (Fsp3) is 0.290. The molecule has 0 aliphatic heterocycles. The zero-order chi connectivity index (χ0) is 29.4. The molecule has 0 aliphatic rings. The maximum Gasteiger partial charge on any atom is 0.345 e. The molecule has 4 aromatic rings. The average Bonchev–Trinajstić information content (AvgIpc) is 2.98. The number of rotatable bonds is 14. The molecule has 0 aliphatic carbocycles. The van der Waals surface area contributed by atoms with Gasteiger partial charge in [-0.2, -0.15) is 0 Å². The van der Waals surface area contributed by atoms with Crippen LogP contribution in [0.25, 0.3) is 10.9 Å². The monoisotopic (exact) mass is 562 g/mol. The lowest BCUT2D eigenvalue weighted by molar-refractivity contribution is -0.155. The van der Waals surface area contributed by atoms with Crippen LogP contribution in [-0.2, 0) is 10.4 Å². The molecule has 0 saturated carbocycles. The molecule has 0 spiro atoms. The van der Waals surface area contributed by atoms with Gasteiger partial charge >= 0.3 is 5.97 Å². The van der Waals surface area contributed by atoms with Crippen molar-refractivity contribution in [3.8, 4) is 17.2 Å². The standard InChI is InChI=1S/C31H34N2O8/c1-40-22-10-8-20(9-11-22)31(39,30(37)38)21-6-5-7-23(18-21)41-17-4-2-3-16-32-19-27(35)24-12-14-26(34)29-25(24)13-15-28(36)33-29/h5-15,18,27,32,34-35,39H,2-4,16-17,19H2,1H3,(H,33,36)(H,37,38)/t27-,31?/m0/s1. The van der Waals surface area contributed by atoms with E-state index in [-0.39, 0.29) is 22.4 Å². The SMILES string of the molecule is COc1ccc(C(O)(C(=O)O)c2cccc(OCCCCCNC[C@H](O)c3ccc(O)c4[nH]c(=O)ccc34)c2)cc1. The molecule has 0 radical (unpaired) electrons. The summed E-state index contributed by atoms with van der Waals surface area (Å²) in [5, 5.41) is 45.5. The quantitative estimate of drug-likeness (QED) is 0.127. The first-order valence-electron chi connectivity index (χ1n) is 13.3. The van der Waals surface area contributed by atoms with Gasteiger partial charge in [0.05, 0.1) is 25.3 Å². The fourth-order valence-electron chi connectivity index (χ4n) is 4.67. The van der Waals surface area contributed by atoms with Gasteiger partial charge in [-0.25, -0.2) is 4.79 Å². The number of aromatic amines is 1. The maximum atomic E-state index is 12.1. The van der Waals surface area contributed by atoms with Crippen molar-refractivity contribution >= 4 is 16.9 Å². The highest BCUT2D eigenvalue weighted by Crippen LogP contribution is 2.33. The van der Waals surface area contributed by atoms with Gasteiger partial charge in [0.1, 0.15) is 17.2 Å². The van der Waals surface area contributed by atoms with Gasteiger partial charge in [0, 0.05) is 23.6 Å². The van der Waals surface area contributed by atoms with Crippen LogP contribution in [0.4, 0.5) is 0 Å². The molecule has 1 unspecified atom stereocenters. The van der Waals surface area contributed by atoms with E-state index in [1.54, 1.807) is 42.5 Å². The van der Waals surface area contributed by atoms with E-state index in [1.165, 1.54) is 37.4 Å². The molecule has 1 aromatic heterocycles. The predicted molar refractivity (Wildman–Crippen MR) is 153 cm³/mol. The number of aliphatic carboxylic acids is 1. The second kappa shape index (κ2) is 13.3. The van der Waals surface area contributed by atoms with Crippen molar-refractivity contribution < 1.29 is 34.7 Å². The van der Waals surface area contributed by atoms with Gasteiger partial charge in [0.25, 0.3) is 0 Å². The van der Waals surface area contributed by atoms with Gasteiger partial charge in [-0.05, 0) is 73.3 Å². The third-order valence-electron chi connectivity index (χ3n) is 6.94. The van der Waals surface area contributed by atoms with Crippen LogP contribution in [0.5, 0.6) is 17.2 Å². The molecule has 10 heteroatoms. The van der Waals surface area contributed by atoms with Crippen LogP contribution in [-0.4, -0.2) is 58.2 Å². The Morgan fingerprint density at radius 1 is 0.976 bits per heavy atom. The molecule has 216 valence electrons. The van der Waals surface area contributed by atoms with Crippen LogP contribution in [0.15, 0.2) is 77.6 Å². The fourth-order valence-corrected chi connectivity index (χ4v) is 4.67. The molecule has 3 aromatic carbocycles. The zero-order valence-corrected chi connectivity index (χ0v) is 22.7. The normalized spacial score (nSPS) is 13.4. The van der Waals surface area contributed by atoms with E-state index in [4.69, 9.17) is 9.47 Å². The number of phenols is 1. The summed E-state index contributed by atoms with van der Waals surface area (Å²) >= 11 is 0. The lowest BCUT2D eigenvalue weighted by Crippen LogP contribution is -2.36. The number of aromatic nitrogens is 1. The number of phenolic OH excluding ortho intramolecular Hbond substituents is 1. The van der Waals surface area contributed by atoms with Crippen LogP contribution in [0.3, 0.4) is 0 Å². The summed E-state index contributed by atoms with van der Waals surface area (Å²) in [6.45, 7) is 1.40. The number of aliphatic hydroxyl groups is 2. The van der Waals surface area contributed by atoms with Crippen LogP contribution >= 0.6 is 0 Å². The van der Waals surface area contributed by atoms with Gasteiger partial charge in [-0.15, -0.1) is 0 Å². The Bertz CT molecular complexity index is 1540. The number of hydrogen-bond acceptors (Lipinski definition) is 8. The number of carboxylic acids is 1. The smallest absolute Gasteiger partial charge is 0.345 e. The molecule has 0 fully saturated rings. The summed E-state index contributed by atoms with van der Waals surface area (Å²) in [4.78, 5) is 26.3. The Labute approximate surface area is 236 Å². The number of aromatic hydroxyl groups is 1. The topological polar surface area (TPSA) is 161 Å². The summed E-state index contributed by atoms with van der Waals surface area (Å²) in [6, 6.07) is 18.7. The molecular weight excluding hydrogens is 528 g/mol. The minimum absolute atomic E-state index is 0.0506. The predicted octanol–water partition coefficient (Wildman–Crippen LogP) is 3.44. The highest BCUT2D eigenvalue weighted by molar-refractivity contribution is 5.87. The number of aliphatic hydroxyl groups excluding tert-OH is 1. The minimum atomic E-state index is -2.24. The number of carbonyl (C=O) groups is 1. The molecule has 6 N–H and O–H groups in total. The molecule has 41 heavy (non-hydrogen) atoms. The molecule has 0 saturated heterocycles. The van der Waals surface area contributed by atoms with Gasteiger partial charge < -0.3 is 40.2 Å². The average molecular weight is 563 g/mol. The van der Waals surface area contributed by atoms with Gasteiger partial charge in [-0.1, -0.05) is 30.3 Å². The third-order valence-corrected chi connectivity index (χ3v) is 6.94. The first-order valence-corrected chi connectivity index (χ1v) is 13.3. The Balaban J connectivity index is 1.23. The van der Waals surface area contributed by atoms with E-state index in [0.29, 0.717) is 47.7 Å². The van der Waals surface area contributed by atoms with Crippen molar-refractivity contribution in [2.75, 3.05) is 26.8 Å². The van der Waals surface area contributed by atoms with Crippen LogP contribution < -0.4 is 20.3 Å². The van der Waals surface area contributed by atoms with Gasteiger partial charge in [0.15, 0.2) is 0 Å². The van der Waals surface area contributed by atoms with E-state index in [0.717, 1.165) is 19.3 Å². The molecule has 1 heterocycles. The van der Waals surface area contributed by atoms with Crippen molar-refractivity contribution in [1.82, 2.24) is 10.3 Å². The number of ether oxygens (including phenoxy) is 2. The Morgan fingerprint density at radius 2 is 1.76 bits per heavy atom. The second-order valence-electron chi connectivity index (χ2n) is 9.69. The number of pyridine rings is 1. The number of nitrogens with one attached hydrogen (secondary N) is 2. The maximum absolute atomic E-state index is 12.1. The number of hydrogen-bond donors (Lipinski definition) is 6. The largest absolute Gasteiger partial charge is 0.506 e. The van der Waals surface area contributed by atoms with E-state index in [1.807, 2.05) is 0 Å². The van der Waals surface area contributed by atoms with Crippen LogP contribution in [0.1, 0.15) is 42.1 Å². The summed E-state index contributed by atoms with van der Waals surface area (Å²) in [7, 11) is 1.51. The van der Waals surface area contributed by atoms with Crippen LogP contribution in [0.2, 0.25) is 0 Å². The molecule has 0 bridgehead atoms. The second-order valence-corrected chi connectivity index (χ2v) is 9.69. The van der Waals surface area contributed by atoms with E-state index in [2.05, 4.69) is 10.3 Å². The number of benzene rings is 3. The highest BCUT2D eigenvalue weighted by Gasteiger charge is 2.40. The third kappa shape index (κ3) is 6.86. The van der Waals surface area contributed by atoms with Crippen molar-refractivity contribution in [3.63, 3.8) is 0 Å². The number of fused-ring (bicyclic) bond motifs is 1. The lowest BCUT2D eigenvalue weighted by Gasteiger charge is -2.25. The number of methoxy groups -OCH3 is 1. The van der Waals surface area contributed by atoms with E-state index < -0.39 is 17.7 Å². The molecule has 0 amide bonds. The first kappa shape index (κ1) is 29.6. The Morgan fingerprint density at radius 3 is 2.49 bits per heavy atom. The first-order chi connectivity index (χ1) is 19.7. The van der Waals surface area contributed by atoms with Crippen molar-refractivity contribution in [1.29, 1.82) is 0 Å². The highest BCUT2D eigenvalue weighted by atomic mass is 16.5. The summed E-state index contributed by atoms with van der Waals surface area (Å²) < 4.78 is 10.9. The van der Waals surface area contributed by atoms with Crippen molar-refractivity contribution in [3.05, 3.63) is 99.8 Å². The molecule has 10 nitrogen and oxygen atoms in total. The Hall–Kier alpha value is -4.38. The zero-order valence-electron chi connectivity index (χ0n) is 22.7. The van der Waals surface area contributed by atoms with Crippen molar-refractivity contribution in [2.45, 2.75) is 31.0 Å².